The highest BCUT2D eigenvalue weighted by Gasteiger charge is 2.11. The van der Waals surface area contributed by atoms with Gasteiger partial charge in [-0.15, -0.1) is 0 Å². The summed E-state index contributed by atoms with van der Waals surface area (Å²) in [6.07, 6.45) is 2.98. The van der Waals surface area contributed by atoms with E-state index in [9.17, 15) is 4.79 Å². The number of carbonyl (C=O) groups excluding carboxylic acids is 1. The van der Waals surface area contributed by atoms with Crippen molar-refractivity contribution in [1.29, 1.82) is 0 Å². The van der Waals surface area contributed by atoms with E-state index in [1.807, 2.05) is 30.3 Å². The molecule has 30 heavy (non-hydrogen) atoms. The summed E-state index contributed by atoms with van der Waals surface area (Å²) >= 11 is 7.11. The number of furan rings is 1. The first kappa shape index (κ1) is 20.4. The second kappa shape index (κ2) is 9.28. The summed E-state index contributed by atoms with van der Waals surface area (Å²) in [6, 6.07) is 21.4. The lowest BCUT2D eigenvalue weighted by molar-refractivity contribution is 0.0927. The third-order valence-corrected chi connectivity index (χ3v) is 5.58. The average molecular weight is 528 g/mol. The summed E-state index contributed by atoms with van der Waals surface area (Å²) in [5.41, 5.74) is 4.32. The maximum Gasteiger partial charge on any atom is 0.307 e. The molecule has 1 N–H and O–H groups in total. The van der Waals surface area contributed by atoms with Crippen molar-refractivity contribution >= 4 is 54.8 Å². The van der Waals surface area contributed by atoms with Crippen molar-refractivity contribution < 1.29 is 13.9 Å². The lowest BCUT2D eigenvalue weighted by atomic mass is 10.1. The van der Waals surface area contributed by atoms with Gasteiger partial charge in [0.05, 0.1) is 21.4 Å². The summed E-state index contributed by atoms with van der Waals surface area (Å²) in [4.78, 5) is 11.8. The Morgan fingerprint density at radius 1 is 1.03 bits per heavy atom. The van der Waals surface area contributed by atoms with Gasteiger partial charge in [-0.25, -0.2) is 5.43 Å². The molecule has 0 saturated carbocycles. The Morgan fingerprint density at radius 3 is 2.57 bits per heavy atom. The van der Waals surface area contributed by atoms with E-state index in [0.29, 0.717) is 12.4 Å². The van der Waals surface area contributed by atoms with E-state index in [-0.39, 0.29) is 5.76 Å². The van der Waals surface area contributed by atoms with Gasteiger partial charge >= 0.3 is 5.91 Å². The van der Waals surface area contributed by atoms with E-state index < -0.39 is 5.91 Å². The largest absolute Gasteiger partial charge is 0.487 e. The van der Waals surface area contributed by atoms with Crippen LogP contribution in [0.5, 0.6) is 5.75 Å². The number of ether oxygens (including phenoxy) is 1. The van der Waals surface area contributed by atoms with Crippen molar-refractivity contribution in [1.82, 2.24) is 5.43 Å². The third kappa shape index (κ3) is 4.63. The number of benzene rings is 3. The maximum absolute atomic E-state index is 11.8. The first-order chi connectivity index (χ1) is 14.6. The molecule has 7 heteroatoms. The highest BCUT2D eigenvalue weighted by atomic mass is 79.9. The number of halogens is 2. The average Bonchev–Trinajstić information content (AvgIpc) is 3.28. The van der Waals surface area contributed by atoms with Crippen molar-refractivity contribution in [3.8, 4) is 5.75 Å². The van der Waals surface area contributed by atoms with E-state index in [1.165, 1.54) is 17.0 Å². The quantitative estimate of drug-likeness (QED) is 0.236. The zero-order chi connectivity index (χ0) is 20.9. The van der Waals surface area contributed by atoms with Crippen LogP contribution in [-0.4, -0.2) is 12.1 Å². The van der Waals surface area contributed by atoms with Crippen LogP contribution < -0.4 is 10.2 Å². The van der Waals surface area contributed by atoms with E-state index in [4.69, 9.17) is 9.15 Å². The van der Waals surface area contributed by atoms with Crippen LogP contribution >= 0.6 is 31.9 Å². The van der Waals surface area contributed by atoms with Crippen molar-refractivity contribution in [3.05, 3.63) is 98.8 Å². The molecular weight excluding hydrogens is 512 g/mol. The highest BCUT2D eigenvalue weighted by Crippen LogP contribution is 2.35. The lowest BCUT2D eigenvalue weighted by Crippen LogP contribution is -2.16. The number of nitrogens with zero attached hydrogens (tertiary/aromatic N) is 1. The fraction of sp³-hybridized carbons (Fsp3) is 0.0435. The molecule has 0 unspecified atom stereocenters. The van der Waals surface area contributed by atoms with Crippen LogP contribution in [0, 0.1) is 0 Å². The fourth-order valence-electron chi connectivity index (χ4n) is 2.99. The van der Waals surface area contributed by atoms with Gasteiger partial charge in [-0.3, -0.25) is 4.79 Å². The molecular formula is C23H16Br2N2O3. The van der Waals surface area contributed by atoms with Crippen LogP contribution in [0.25, 0.3) is 10.8 Å². The molecule has 0 aliphatic rings. The fourth-order valence-corrected chi connectivity index (χ4v) is 4.44. The van der Waals surface area contributed by atoms with Crippen LogP contribution in [0.3, 0.4) is 0 Å². The molecule has 0 spiro atoms. The molecule has 0 fully saturated rings. The number of hydrogen-bond acceptors (Lipinski definition) is 4. The maximum atomic E-state index is 11.8. The predicted octanol–water partition coefficient (Wildman–Crippen LogP) is 6.30. The van der Waals surface area contributed by atoms with Crippen LogP contribution in [0.4, 0.5) is 0 Å². The molecule has 1 heterocycles. The van der Waals surface area contributed by atoms with Gasteiger partial charge < -0.3 is 9.15 Å². The van der Waals surface area contributed by atoms with Crippen molar-refractivity contribution in [2.75, 3.05) is 0 Å². The van der Waals surface area contributed by atoms with E-state index in [0.717, 1.165) is 20.1 Å². The van der Waals surface area contributed by atoms with E-state index in [2.05, 4.69) is 66.7 Å². The van der Waals surface area contributed by atoms with Crippen LogP contribution in [0.1, 0.15) is 21.7 Å². The number of fused-ring (bicyclic) bond motifs is 1. The van der Waals surface area contributed by atoms with E-state index >= 15 is 0 Å². The molecule has 5 nitrogen and oxygen atoms in total. The molecule has 150 valence electrons. The normalized spacial score (nSPS) is 11.1. The third-order valence-electron chi connectivity index (χ3n) is 4.40. The number of rotatable bonds is 6. The lowest BCUT2D eigenvalue weighted by Gasteiger charge is -2.13. The Hall–Kier alpha value is -2.90. The second-order valence-electron chi connectivity index (χ2n) is 6.42. The van der Waals surface area contributed by atoms with Crippen molar-refractivity contribution in [2.45, 2.75) is 6.61 Å². The molecule has 1 aromatic heterocycles. The molecule has 1 amide bonds. The summed E-state index contributed by atoms with van der Waals surface area (Å²) in [7, 11) is 0. The standard InChI is InChI=1S/C23H16Br2N2O3/c24-19-11-15(13-26-27-23(28)21-9-4-10-29-21)12-20(25)22(19)30-14-17-7-3-6-16-5-1-2-8-18(16)17/h1-13H,14H2,(H,27,28)/b26-13-. The Balaban J connectivity index is 1.46. The molecule has 4 rings (SSSR count). The Kier molecular flexibility index (Phi) is 6.30. The molecule has 0 saturated heterocycles. The van der Waals surface area contributed by atoms with Crippen molar-refractivity contribution in [3.63, 3.8) is 0 Å². The van der Waals surface area contributed by atoms with Gasteiger partial charge in [-0.05, 0) is 78.0 Å². The van der Waals surface area contributed by atoms with Crippen LogP contribution in [-0.2, 0) is 6.61 Å². The number of carbonyl (C=O) groups is 1. The second-order valence-corrected chi connectivity index (χ2v) is 8.13. The number of hydrogen-bond donors (Lipinski definition) is 1. The zero-order valence-corrected chi connectivity index (χ0v) is 18.8. The molecule has 0 radical (unpaired) electrons. The van der Waals surface area contributed by atoms with Gasteiger partial charge in [0.1, 0.15) is 12.4 Å². The van der Waals surface area contributed by atoms with Gasteiger partial charge in [-0.1, -0.05) is 42.5 Å². The minimum atomic E-state index is -0.413. The molecule has 0 bridgehead atoms. The monoisotopic (exact) mass is 526 g/mol. The van der Waals surface area contributed by atoms with Gasteiger partial charge in [0.15, 0.2) is 5.76 Å². The van der Waals surface area contributed by atoms with Gasteiger partial charge in [-0.2, -0.15) is 5.10 Å². The van der Waals surface area contributed by atoms with Gasteiger partial charge in [0.2, 0.25) is 0 Å². The molecule has 0 atom stereocenters. The summed E-state index contributed by atoms with van der Waals surface area (Å²) < 4.78 is 12.7. The van der Waals surface area contributed by atoms with Crippen molar-refractivity contribution in [2.24, 2.45) is 5.10 Å². The SMILES string of the molecule is O=C(N/N=C\c1cc(Br)c(OCc2cccc3ccccc23)c(Br)c1)c1ccco1. The topological polar surface area (TPSA) is 63.8 Å². The summed E-state index contributed by atoms with van der Waals surface area (Å²) in [6.45, 7) is 0.436. The molecule has 3 aromatic carbocycles. The number of hydrazone groups is 1. The Bertz CT molecular complexity index is 1190. The predicted molar refractivity (Wildman–Crippen MR) is 124 cm³/mol. The zero-order valence-electron chi connectivity index (χ0n) is 15.6. The highest BCUT2D eigenvalue weighted by molar-refractivity contribution is 9.11. The molecule has 0 aliphatic heterocycles. The summed E-state index contributed by atoms with van der Waals surface area (Å²) in [5, 5.41) is 6.32. The summed E-state index contributed by atoms with van der Waals surface area (Å²) in [5.74, 6) is 0.482. The Morgan fingerprint density at radius 2 is 1.80 bits per heavy atom. The number of nitrogens with one attached hydrogen (secondary N) is 1. The van der Waals surface area contributed by atoms with Crippen LogP contribution in [0.2, 0.25) is 0 Å². The minimum absolute atomic E-state index is 0.201. The molecule has 0 aliphatic carbocycles. The smallest absolute Gasteiger partial charge is 0.307 e. The number of amides is 1. The van der Waals surface area contributed by atoms with Crippen LogP contribution in [0.15, 0.2) is 91.5 Å². The van der Waals surface area contributed by atoms with Gasteiger partial charge in [0.25, 0.3) is 0 Å². The minimum Gasteiger partial charge on any atom is -0.487 e. The first-order valence-corrected chi connectivity index (χ1v) is 10.7. The van der Waals surface area contributed by atoms with E-state index in [1.54, 1.807) is 18.3 Å². The molecule has 4 aromatic rings. The Labute approximate surface area is 190 Å². The first-order valence-electron chi connectivity index (χ1n) is 9.07. The van der Waals surface area contributed by atoms with Gasteiger partial charge in [0, 0.05) is 0 Å².